The maximum Gasteiger partial charge on any atom is 0.0855 e. The van der Waals surface area contributed by atoms with Gasteiger partial charge in [0.2, 0.25) is 0 Å². The second-order valence-electron chi connectivity index (χ2n) is 5.31. The maximum atomic E-state index is 5.56. The average Bonchev–Trinajstić information content (AvgIpc) is 2.27. The first-order valence-electron chi connectivity index (χ1n) is 6.56. The summed E-state index contributed by atoms with van der Waals surface area (Å²) in [6, 6.07) is 0. The highest BCUT2D eigenvalue weighted by Crippen LogP contribution is 2.20. The van der Waals surface area contributed by atoms with E-state index < -0.39 is 0 Å². The first-order chi connectivity index (χ1) is 7.97. The minimum atomic E-state index is 0.149. The van der Waals surface area contributed by atoms with E-state index in [9.17, 15) is 0 Å². The summed E-state index contributed by atoms with van der Waals surface area (Å²) in [6.07, 6.45) is 2.60. The van der Waals surface area contributed by atoms with Crippen LogP contribution in [0.15, 0.2) is 0 Å². The van der Waals surface area contributed by atoms with Crippen molar-refractivity contribution in [2.75, 3.05) is 21.3 Å². The van der Waals surface area contributed by atoms with Gasteiger partial charge in [-0.3, -0.25) is 0 Å². The molecule has 3 atom stereocenters. The van der Waals surface area contributed by atoms with E-state index in [1.807, 2.05) is 0 Å². The van der Waals surface area contributed by atoms with Crippen LogP contribution in [0.2, 0.25) is 0 Å². The van der Waals surface area contributed by atoms with Gasteiger partial charge in [-0.1, -0.05) is 27.7 Å². The molecule has 0 aliphatic carbocycles. The highest BCUT2D eigenvalue weighted by atomic mass is 16.5. The van der Waals surface area contributed by atoms with Gasteiger partial charge in [0.15, 0.2) is 0 Å². The standard InChI is InChI=1S/C14H30O3/c1-10(2)12(15-5)8-9-13(16-6)14(17-7)11(3)4/h10-14H,8-9H2,1-7H3. The van der Waals surface area contributed by atoms with E-state index >= 15 is 0 Å². The maximum absolute atomic E-state index is 5.56. The summed E-state index contributed by atoms with van der Waals surface area (Å²) in [5, 5.41) is 0. The molecule has 0 spiro atoms. The minimum absolute atomic E-state index is 0.149. The Balaban J connectivity index is 4.29. The van der Waals surface area contributed by atoms with Crippen molar-refractivity contribution in [1.82, 2.24) is 0 Å². The zero-order chi connectivity index (χ0) is 13.4. The van der Waals surface area contributed by atoms with E-state index in [2.05, 4.69) is 27.7 Å². The lowest BCUT2D eigenvalue weighted by atomic mass is 9.94. The Labute approximate surface area is 107 Å². The van der Waals surface area contributed by atoms with Crippen molar-refractivity contribution >= 4 is 0 Å². The van der Waals surface area contributed by atoms with Gasteiger partial charge in [0.25, 0.3) is 0 Å². The van der Waals surface area contributed by atoms with Gasteiger partial charge in [-0.05, 0) is 24.7 Å². The fraction of sp³-hybridized carbons (Fsp3) is 1.00. The van der Waals surface area contributed by atoms with E-state index in [1.165, 1.54) is 0 Å². The Morgan fingerprint density at radius 1 is 0.647 bits per heavy atom. The smallest absolute Gasteiger partial charge is 0.0855 e. The Morgan fingerprint density at radius 2 is 1.12 bits per heavy atom. The van der Waals surface area contributed by atoms with Crippen LogP contribution in [0, 0.1) is 11.8 Å². The quantitative estimate of drug-likeness (QED) is 0.625. The molecule has 0 aliphatic rings. The fourth-order valence-electron chi connectivity index (χ4n) is 2.32. The van der Waals surface area contributed by atoms with Crippen molar-refractivity contribution < 1.29 is 14.2 Å². The summed E-state index contributed by atoms with van der Waals surface area (Å²) in [5.41, 5.74) is 0. The summed E-state index contributed by atoms with van der Waals surface area (Å²) >= 11 is 0. The summed E-state index contributed by atoms with van der Waals surface area (Å²) in [5.74, 6) is 1.00. The molecule has 0 aromatic heterocycles. The van der Waals surface area contributed by atoms with Crippen molar-refractivity contribution in [3.63, 3.8) is 0 Å². The molecule has 0 saturated heterocycles. The molecule has 0 radical (unpaired) electrons. The molecule has 0 heterocycles. The first kappa shape index (κ1) is 16.9. The number of rotatable bonds is 9. The number of methoxy groups -OCH3 is 3. The predicted molar refractivity (Wildman–Crippen MR) is 71.3 cm³/mol. The average molecular weight is 246 g/mol. The van der Waals surface area contributed by atoms with E-state index in [-0.39, 0.29) is 12.2 Å². The number of hydrogen-bond donors (Lipinski definition) is 0. The third kappa shape index (κ3) is 5.84. The molecule has 17 heavy (non-hydrogen) atoms. The largest absolute Gasteiger partial charge is 0.381 e. The van der Waals surface area contributed by atoms with Crippen LogP contribution in [-0.4, -0.2) is 39.6 Å². The van der Waals surface area contributed by atoms with Gasteiger partial charge in [-0.15, -0.1) is 0 Å². The van der Waals surface area contributed by atoms with Crippen LogP contribution in [0.1, 0.15) is 40.5 Å². The minimum Gasteiger partial charge on any atom is -0.381 e. The Kier molecular flexibility index (Phi) is 8.83. The van der Waals surface area contributed by atoms with Crippen LogP contribution in [-0.2, 0) is 14.2 Å². The van der Waals surface area contributed by atoms with Gasteiger partial charge >= 0.3 is 0 Å². The molecule has 0 N–H and O–H groups in total. The summed E-state index contributed by atoms with van der Waals surface area (Å²) in [4.78, 5) is 0. The zero-order valence-corrected chi connectivity index (χ0v) is 12.5. The number of ether oxygens (including phenoxy) is 3. The van der Waals surface area contributed by atoms with E-state index in [1.54, 1.807) is 21.3 Å². The molecule has 3 nitrogen and oxygen atoms in total. The third-order valence-electron chi connectivity index (χ3n) is 3.38. The van der Waals surface area contributed by atoms with E-state index in [0.717, 1.165) is 12.8 Å². The van der Waals surface area contributed by atoms with Crippen molar-refractivity contribution in [2.24, 2.45) is 11.8 Å². The van der Waals surface area contributed by atoms with Crippen LogP contribution in [0.4, 0.5) is 0 Å². The third-order valence-corrected chi connectivity index (χ3v) is 3.38. The van der Waals surface area contributed by atoms with E-state index in [0.29, 0.717) is 17.9 Å². The van der Waals surface area contributed by atoms with Crippen LogP contribution in [0.25, 0.3) is 0 Å². The predicted octanol–water partition coefficient (Wildman–Crippen LogP) is 3.12. The molecule has 0 saturated carbocycles. The second kappa shape index (κ2) is 8.90. The number of hydrogen-bond acceptors (Lipinski definition) is 3. The molecule has 3 unspecified atom stereocenters. The van der Waals surface area contributed by atoms with Gasteiger partial charge in [-0.25, -0.2) is 0 Å². The molecule has 0 bridgehead atoms. The molecule has 0 fully saturated rings. The van der Waals surface area contributed by atoms with Crippen LogP contribution in [0.5, 0.6) is 0 Å². The monoisotopic (exact) mass is 246 g/mol. The molecule has 104 valence electrons. The molecular formula is C14H30O3. The zero-order valence-electron chi connectivity index (χ0n) is 12.5. The van der Waals surface area contributed by atoms with E-state index in [4.69, 9.17) is 14.2 Å². The first-order valence-corrected chi connectivity index (χ1v) is 6.56. The lowest BCUT2D eigenvalue weighted by Gasteiger charge is -2.29. The van der Waals surface area contributed by atoms with Crippen molar-refractivity contribution in [1.29, 1.82) is 0 Å². The van der Waals surface area contributed by atoms with Crippen molar-refractivity contribution in [3.05, 3.63) is 0 Å². The Bertz CT molecular complexity index is 180. The normalized spacial score (nSPS) is 17.5. The summed E-state index contributed by atoms with van der Waals surface area (Å²) in [7, 11) is 5.30. The fourth-order valence-corrected chi connectivity index (χ4v) is 2.32. The SMILES string of the molecule is COC(CCC(OC)C(OC)C(C)C)C(C)C. The highest BCUT2D eigenvalue weighted by Gasteiger charge is 2.25. The van der Waals surface area contributed by atoms with Gasteiger partial charge < -0.3 is 14.2 Å². The van der Waals surface area contributed by atoms with Gasteiger partial charge in [0, 0.05) is 21.3 Å². The topological polar surface area (TPSA) is 27.7 Å². The van der Waals surface area contributed by atoms with Gasteiger partial charge in [0.05, 0.1) is 18.3 Å². The van der Waals surface area contributed by atoms with Crippen LogP contribution < -0.4 is 0 Å². The van der Waals surface area contributed by atoms with Crippen LogP contribution >= 0.6 is 0 Å². The van der Waals surface area contributed by atoms with Gasteiger partial charge in [-0.2, -0.15) is 0 Å². The Hall–Kier alpha value is -0.120. The molecule has 0 rings (SSSR count). The van der Waals surface area contributed by atoms with Crippen LogP contribution in [0.3, 0.4) is 0 Å². The lowest BCUT2D eigenvalue weighted by Crippen LogP contribution is -2.35. The highest BCUT2D eigenvalue weighted by molar-refractivity contribution is 4.76. The summed E-state index contributed by atoms with van der Waals surface area (Å²) < 4.78 is 16.6. The molecular weight excluding hydrogens is 216 g/mol. The molecule has 0 aromatic rings. The Morgan fingerprint density at radius 3 is 1.41 bits per heavy atom. The molecule has 0 aromatic carbocycles. The van der Waals surface area contributed by atoms with Crippen molar-refractivity contribution in [3.8, 4) is 0 Å². The summed E-state index contributed by atoms with van der Waals surface area (Å²) in [6.45, 7) is 8.70. The van der Waals surface area contributed by atoms with Gasteiger partial charge in [0.1, 0.15) is 0 Å². The molecule has 0 aliphatic heterocycles. The molecule has 0 amide bonds. The second-order valence-corrected chi connectivity index (χ2v) is 5.31. The lowest BCUT2D eigenvalue weighted by molar-refractivity contribution is -0.0683. The molecule has 3 heteroatoms. The van der Waals surface area contributed by atoms with Crippen molar-refractivity contribution in [2.45, 2.75) is 58.8 Å².